The fourth-order valence-corrected chi connectivity index (χ4v) is 1.62. The molecular formula is C10H12ClN3O2. The van der Waals surface area contributed by atoms with E-state index in [1.807, 2.05) is 0 Å². The second-order valence-electron chi connectivity index (χ2n) is 3.26. The van der Waals surface area contributed by atoms with Gasteiger partial charge in [-0.2, -0.15) is 0 Å². The van der Waals surface area contributed by atoms with Gasteiger partial charge < -0.3 is 10.2 Å². The maximum atomic E-state index is 9.84. The first kappa shape index (κ1) is 12.8. The summed E-state index contributed by atoms with van der Waals surface area (Å²) in [6.07, 6.45) is -2.22. The summed E-state index contributed by atoms with van der Waals surface area (Å²) in [5, 5.41) is 22.6. The molecule has 0 spiro atoms. The van der Waals surface area contributed by atoms with Gasteiger partial charge in [0.05, 0.1) is 12.6 Å². The van der Waals surface area contributed by atoms with Gasteiger partial charge in [-0.05, 0) is 16.7 Å². The first-order chi connectivity index (χ1) is 7.70. The van der Waals surface area contributed by atoms with Crippen LogP contribution in [0.5, 0.6) is 0 Å². The highest BCUT2D eigenvalue weighted by Gasteiger charge is 2.19. The average Bonchev–Trinajstić information content (AvgIpc) is 2.34. The highest BCUT2D eigenvalue weighted by molar-refractivity contribution is 6.17. The van der Waals surface area contributed by atoms with Gasteiger partial charge in [0, 0.05) is 10.8 Å². The van der Waals surface area contributed by atoms with Crippen LogP contribution in [0.2, 0.25) is 0 Å². The smallest absolute Gasteiger partial charge is 0.105 e. The lowest BCUT2D eigenvalue weighted by molar-refractivity contribution is 0.0240. The molecule has 0 saturated heterocycles. The minimum atomic E-state index is -1.12. The van der Waals surface area contributed by atoms with E-state index in [0.29, 0.717) is 5.56 Å². The summed E-state index contributed by atoms with van der Waals surface area (Å²) in [4.78, 5) is 2.52. The average molecular weight is 242 g/mol. The van der Waals surface area contributed by atoms with E-state index in [1.54, 1.807) is 24.3 Å². The Balaban J connectivity index is 2.86. The van der Waals surface area contributed by atoms with E-state index >= 15 is 0 Å². The van der Waals surface area contributed by atoms with Crippen LogP contribution >= 0.6 is 11.6 Å². The minimum Gasteiger partial charge on any atom is -0.390 e. The molecule has 0 amide bonds. The van der Waals surface area contributed by atoms with Crippen molar-refractivity contribution < 1.29 is 10.2 Å². The van der Waals surface area contributed by atoms with Crippen molar-refractivity contribution in [2.24, 2.45) is 5.11 Å². The normalized spacial score (nSPS) is 13.9. The molecule has 0 fully saturated rings. The van der Waals surface area contributed by atoms with Crippen LogP contribution in [-0.4, -0.2) is 22.9 Å². The van der Waals surface area contributed by atoms with E-state index in [1.165, 1.54) is 0 Å². The molecule has 0 aliphatic carbocycles. The van der Waals surface area contributed by atoms with E-state index in [-0.39, 0.29) is 12.4 Å². The Morgan fingerprint density at radius 2 is 2.06 bits per heavy atom. The summed E-state index contributed by atoms with van der Waals surface area (Å²) >= 11 is 5.71. The number of aliphatic hydroxyl groups excluding tert-OH is 2. The molecule has 0 saturated carbocycles. The maximum absolute atomic E-state index is 9.84. The van der Waals surface area contributed by atoms with Gasteiger partial charge >= 0.3 is 0 Å². The Bertz CT molecular complexity index is 393. The van der Waals surface area contributed by atoms with Crippen molar-refractivity contribution in [3.63, 3.8) is 0 Å². The molecule has 1 rings (SSSR count). The number of azide groups is 1. The zero-order chi connectivity index (χ0) is 12.0. The number of halogens is 1. The fraction of sp³-hybridized carbons (Fsp3) is 0.400. The van der Waals surface area contributed by atoms with Gasteiger partial charge in [0.25, 0.3) is 0 Å². The van der Waals surface area contributed by atoms with Crippen LogP contribution in [0, 0.1) is 0 Å². The molecule has 86 valence electrons. The van der Waals surface area contributed by atoms with Crippen molar-refractivity contribution in [1.82, 2.24) is 0 Å². The van der Waals surface area contributed by atoms with Gasteiger partial charge in [0.2, 0.25) is 0 Å². The summed E-state index contributed by atoms with van der Waals surface area (Å²) < 4.78 is 0. The zero-order valence-corrected chi connectivity index (χ0v) is 9.25. The van der Waals surface area contributed by atoms with Gasteiger partial charge in [-0.15, -0.1) is 11.6 Å². The number of nitrogens with zero attached hydrogens (tertiary/aromatic N) is 3. The van der Waals surface area contributed by atoms with Crippen molar-refractivity contribution >= 4 is 11.6 Å². The first-order valence-electron chi connectivity index (χ1n) is 4.71. The van der Waals surface area contributed by atoms with E-state index < -0.39 is 12.2 Å². The number of benzene rings is 1. The SMILES string of the molecule is [N-]=[N+]=NCC(O)C(O)c1ccccc1CCl. The van der Waals surface area contributed by atoms with Crippen LogP contribution in [0.4, 0.5) is 0 Å². The summed E-state index contributed by atoms with van der Waals surface area (Å²) in [6.45, 7) is -0.172. The van der Waals surface area contributed by atoms with Crippen molar-refractivity contribution in [2.75, 3.05) is 6.54 Å². The summed E-state index contributed by atoms with van der Waals surface area (Å²) in [7, 11) is 0. The molecule has 1 aromatic carbocycles. The highest BCUT2D eigenvalue weighted by Crippen LogP contribution is 2.22. The Labute approximate surface area is 97.9 Å². The number of hydrogen-bond acceptors (Lipinski definition) is 3. The molecule has 0 bridgehead atoms. The van der Waals surface area contributed by atoms with E-state index in [4.69, 9.17) is 17.1 Å². The predicted octanol–water partition coefficient (Wildman–Crippen LogP) is 2.13. The predicted molar refractivity (Wildman–Crippen MR) is 61.0 cm³/mol. The van der Waals surface area contributed by atoms with Crippen molar-refractivity contribution in [1.29, 1.82) is 0 Å². The number of aliphatic hydroxyl groups is 2. The molecule has 6 heteroatoms. The lowest BCUT2D eigenvalue weighted by Crippen LogP contribution is -2.22. The molecule has 1 aromatic rings. The third kappa shape index (κ3) is 3.12. The van der Waals surface area contributed by atoms with Crippen LogP contribution in [0.1, 0.15) is 17.2 Å². The van der Waals surface area contributed by atoms with Crippen LogP contribution in [0.25, 0.3) is 10.4 Å². The second-order valence-corrected chi connectivity index (χ2v) is 3.53. The van der Waals surface area contributed by atoms with Crippen molar-refractivity contribution in [2.45, 2.75) is 18.1 Å². The van der Waals surface area contributed by atoms with Gasteiger partial charge in [0.15, 0.2) is 0 Å². The van der Waals surface area contributed by atoms with Crippen LogP contribution < -0.4 is 0 Å². The van der Waals surface area contributed by atoms with E-state index in [9.17, 15) is 10.2 Å². The molecular weight excluding hydrogens is 230 g/mol. The van der Waals surface area contributed by atoms with Gasteiger partial charge in [-0.25, -0.2) is 0 Å². The Kier molecular flexibility index (Phi) is 5.08. The summed E-state index contributed by atoms with van der Waals surface area (Å²) in [6, 6.07) is 7.00. The van der Waals surface area contributed by atoms with Gasteiger partial charge in [-0.3, -0.25) is 0 Å². The number of alkyl halides is 1. The third-order valence-electron chi connectivity index (χ3n) is 2.21. The first-order valence-corrected chi connectivity index (χ1v) is 5.25. The molecule has 0 heterocycles. The molecule has 2 N–H and O–H groups in total. The zero-order valence-electron chi connectivity index (χ0n) is 8.49. The van der Waals surface area contributed by atoms with Crippen molar-refractivity contribution in [3.05, 3.63) is 45.8 Å². The van der Waals surface area contributed by atoms with Crippen LogP contribution in [0.3, 0.4) is 0 Å². The Morgan fingerprint density at radius 3 is 2.69 bits per heavy atom. The molecule has 0 radical (unpaired) electrons. The second kappa shape index (κ2) is 6.35. The minimum absolute atomic E-state index is 0.172. The van der Waals surface area contributed by atoms with Crippen LogP contribution in [0.15, 0.2) is 29.4 Å². The largest absolute Gasteiger partial charge is 0.390 e. The standard InChI is InChI=1S/C10H12ClN3O2/c11-5-7-3-1-2-4-8(7)10(16)9(15)6-13-14-12/h1-4,9-10,15-16H,5-6H2. The van der Waals surface area contributed by atoms with Crippen LogP contribution in [-0.2, 0) is 5.88 Å². The molecule has 2 atom stereocenters. The topological polar surface area (TPSA) is 89.2 Å². The van der Waals surface area contributed by atoms with Crippen molar-refractivity contribution in [3.8, 4) is 0 Å². The van der Waals surface area contributed by atoms with E-state index in [0.717, 1.165) is 5.56 Å². The molecule has 0 aliphatic heterocycles. The van der Waals surface area contributed by atoms with Gasteiger partial charge in [-0.1, -0.05) is 29.4 Å². The Morgan fingerprint density at radius 1 is 1.38 bits per heavy atom. The molecule has 0 aromatic heterocycles. The lowest BCUT2D eigenvalue weighted by Gasteiger charge is -2.18. The molecule has 5 nitrogen and oxygen atoms in total. The maximum Gasteiger partial charge on any atom is 0.105 e. The highest BCUT2D eigenvalue weighted by atomic mass is 35.5. The molecule has 16 heavy (non-hydrogen) atoms. The summed E-state index contributed by atoms with van der Waals surface area (Å²) in [5.41, 5.74) is 9.41. The van der Waals surface area contributed by atoms with E-state index in [2.05, 4.69) is 10.0 Å². The molecule has 2 unspecified atom stereocenters. The quantitative estimate of drug-likeness (QED) is 0.358. The Hall–Kier alpha value is -1.26. The van der Waals surface area contributed by atoms with Gasteiger partial charge in [0.1, 0.15) is 6.10 Å². The summed E-state index contributed by atoms with van der Waals surface area (Å²) in [5.74, 6) is 0.251. The number of hydrogen-bond donors (Lipinski definition) is 2. The number of rotatable bonds is 5. The third-order valence-corrected chi connectivity index (χ3v) is 2.50. The molecule has 0 aliphatic rings. The monoisotopic (exact) mass is 241 g/mol. The fourth-order valence-electron chi connectivity index (χ4n) is 1.37. The lowest BCUT2D eigenvalue weighted by atomic mass is 9.99.